The van der Waals surface area contributed by atoms with Crippen molar-refractivity contribution in [3.05, 3.63) is 107 Å². The van der Waals surface area contributed by atoms with Gasteiger partial charge in [-0.2, -0.15) is 0 Å². The number of benzene rings is 1. The maximum absolute atomic E-state index is 6.33. The highest BCUT2D eigenvalue weighted by atomic mass is 35.5. The molecule has 0 aliphatic carbocycles. The largest absolute Gasteiger partial charge is 0.459 e. The molecule has 5 nitrogen and oxygen atoms in total. The Morgan fingerprint density at radius 1 is 1.00 bits per heavy atom. The van der Waals surface area contributed by atoms with E-state index in [2.05, 4.69) is 20.2 Å². The van der Waals surface area contributed by atoms with Crippen molar-refractivity contribution in [2.24, 2.45) is 0 Å². The van der Waals surface area contributed by atoms with E-state index in [-0.39, 0.29) is 12.1 Å². The minimum Gasteiger partial charge on any atom is -0.459 e. The van der Waals surface area contributed by atoms with E-state index in [0.29, 0.717) is 16.7 Å². The van der Waals surface area contributed by atoms with E-state index in [1.165, 1.54) is 0 Å². The molecule has 1 fully saturated rings. The minimum absolute atomic E-state index is 0.130. The van der Waals surface area contributed by atoms with Gasteiger partial charge in [-0.15, -0.1) is 0 Å². The van der Waals surface area contributed by atoms with E-state index in [1.54, 1.807) is 12.4 Å². The fraction of sp³-hybridized carbons (Fsp3) is 0.125. The summed E-state index contributed by atoms with van der Waals surface area (Å²) in [5.74, 6) is 1.60. The van der Waals surface area contributed by atoms with E-state index in [0.717, 1.165) is 28.3 Å². The van der Waals surface area contributed by atoms with Crippen LogP contribution < -0.4 is 5.32 Å². The summed E-state index contributed by atoms with van der Waals surface area (Å²) in [5, 5.41) is 4.80. The molecule has 0 unspecified atom stereocenters. The number of hydrogen-bond acceptors (Lipinski definition) is 4. The van der Waals surface area contributed by atoms with Crippen LogP contribution in [0.1, 0.15) is 29.1 Å². The van der Waals surface area contributed by atoms with E-state index in [1.807, 2.05) is 72.9 Å². The average Bonchev–Trinajstić information content (AvgIpc) is 3.41. The van der Waals surface area contributed by atoms with Gasteiger partial charge in [-0.3, -0.25) is 9.97 Å². The second kappa shape index (κ2) is 8.49. The van der Waals surface area contributed by atoms with Crippen molar-refractivity contribution in [1.29, 1.82) is 0 Å². The molecule has 1 N–H and O–H groups in total. The second-order valence-electron chi connectivity index (χ2n) is 7.32. The summed E-state index contributed by atoms with van der Waals surface area (Å²) in [6.07, 6.45) is 5.42. The molecule has 0 spiro atoms. The zero-order chi connectivity index (χ0) is 21.2. The molecule has 1 aliphatic heterocycles. The van der Waals surface area contributed by atoms with Gasteiger partial charge in [0.15, 0.2) is 5.11 Å². The SMILES string of the molecule is S=C1N[C@H](c2ccccn2)[C@H](c2ccc(-c3ccc(Cl)cc3)o2)N1Cc1cccnc1. The van der Waals surface area contributed by atoms with Crippen molar-refractivity contribution < 1.29 is 4.42 Å². The smallest absolute Gasteiger partial charge is 0.170 e. The highest BCUT2D eigenvalue weighted by Gasteiger charge is 2.41. The lowest BCUT2D eigenvalue weighted by molar-refractivity contribution is 0.269. The quantitative estimate of drug-likeness (QED) is 0.405. The molecule has 0 saturated carbocycles. The van der Waals surface area contributed by atoms with Crippen LogP contribution in [0.4, 0.5) is 0 Å². The Kier molecular flexibility index (Phi) is 5.40. The molecule has 0 radical (unpaired) electrons. The molecule has 2 atom stereocenters. The summed E-state index contributed by atoms with van der Waals surface area (Å²) in [4.78, 5) is 10.9. The summed E-state index contributed by atoms with van der Waals surface area (Å²) < 4.78 is 6.33. The topological polar surface area (TPSA) is 54.2 Å². The lowest BCUT2D eigenvalue weighted by Gasteiger charge is -2.26. The normalized spacial score (nSPS) is 18.2. The summed E-state index contributed by atoms with van der Waals surface area (Å²) >= 11 is 11.8. The molecular weight excluding hydrogens is 428 g/mol. The van der Waals surface area contributed by atoms with E-state index in [9.17, 15) is 0 Å². The fourth-order valence-corrected chi connectivity index (χ4v) is 4.29. The number of halogens is 1. The number of rotatable bonds is 5. The van der Waals surface area contributed by atoms with E-state index < -0.39 is 0 Å². The lowest BCUT2D eigenvalue weighted by Crippen LogP contribution is -2.29. The molecule has 0 amide bonds. The van der Waals surface area contributed by atoms with Crippen LogP contribution in [0.15, 0.2) is 89.7 Å². The fourth-order valence-electron chi connectivity index (χ4n) is 3.85. The molecule has 4 heterocycles. The van der Waals surface area contributed by atoms with Crippen molar-refractivity contribution in [2.75, 3.05) is 0 Å². The second-order valence-corrected chi connectivity index (χ2v) is 8.15. The Hall–Kier alpha value is -3.22. The summed E-state index contributed by atoms with van der Waals surface area (Å²) in [6.45, 7) is 0.616. The number of nitrogens with zero attached hydrogens (tertiary/aromatic N) is 3. The van der Waals surface area contributed by atoms with E-state index >= 15 is 0 Å². The molecule has 154 valence electrons. The molecule has 1 aliphatic rings. The third kappa shape index (κ3) is 4.04. The number of furan rings is 1. The molecular formula is C24H19ClN4OS. The Labute approximate surface area is 190 Å². The van der Waals surface area contributed by atoms with Gasteiger partial charge in [-0.05, 0) is 72.4 Å². The molecule has 1 saturated heterocycles. The minimum atomic E-state index is -0.149. The monoisotopic (exact) mass is 446 g/mol. The van der Waals surface area contributed by atoms with Gasteiger partial charge < -0.3 is 14.6 Å². The van der Waals surface area contributed by atoms with Crippen LogP contribution in [0.5, 0.6) is 0 Å². The molecule has 5 rings (SSSR count). The summed E-state index contributed by atoms with van der Waals surface area (Å²) in [6, 6.07) is 21.2. The third-order valence-corrected chi connectivity index (χ3v) is 5.92. The molecule has 31 heavy (non-hydrogen) atoms. The number of thiocarbonyl (C=S) groups is 1. The highest BCUT2D eigenvalue weighted by molar-refractivity contribution is 7.80. The third-order valence-electron chi connectivity index (χ3n) is 5.32. The van der Waals surface area contributed by atoms with Gasteiger partial charge in [0.25, 0.3) is 0 Å². The number of nitrogens with one attached hydrogen (secondary N) is 1. The van der Waals surface area contributed by atoms with E-state index in [4.69, 9.17) is 28.2 Å². The van der Waals surface area contributed by atoms with Gasteiger partial charge in [0.2, 0.25) is 0 Å². The van der Waals surface area contributed by atoms with Crippen LogP contribution in [-0.2, 0) is 6.54 Å². The van der Waals surface area contributed by atoms with Crippen LogP contribution in [-0.4, -0.2) is 20.0 Å². The first kappa shape index (κ1) is 19.7. The Morgan fingerprint density at radius 3 is 2.61 bits per heavy atom. The van der Waals surface area contributed by atoms with Crippen LogP contribution in [0.3, 0.4) is 0 Å². The summed E-state index contributed by atoms with van der Waals surface area (Å²) in [5.41, 5.74) is 2.95. The predicted octanol–water partition coefficient (Wildman–Crippen LogP) is 5.56. The predicted molar refractivity (Wildman–Crippen MR) is 124 cm³/mol. The van der Waals surface area contributed by atoms with Gasteiger partial charge in [-0.25, -0.2) is 0 Å². The van der Waals surface area contributed by atoms with Crippen LogP contribution in [0.25, 0.3) is 11.3 Å². The maximum Gasteiger partial charge on any atom is 0.170 e. The van der Waals surface area contributed by atoms with Crippen LogP contribution >= 0.6 is 23.8 Å². The van der Waals surface area contributed by atoms with Gasteiger partial charge >= 0.3 is 0 Å². The molecule has 7 heteroatoms. The zero-order valence-corrected chi connectivity index (χ0v) is 18.1. The first-order valence-electron chi connectivity index (χ1n) is 9.92. The zero-order valence-electron chi connectivity index (χ0n) is 16.5. The molecule has 1 aromatic carbocycles. The molecule has 3 aromatic heterocycles. The van der Waals surface area contributed by atoms with Gasteiger partial charge in [0.05, 0.1) is 11.7 Å². The van der Waals surface area contributed by atoms with Crippen molar-refractivity contribution >= 4 is 28.9 Å². The maximum atomic E-state index is 6.33. The highest BCUT2D eigenvalue weighted by Crippen LogP contribution is 2.41. The van der Waals surface area contributed by atoms with Gasteiger partial charge in [0.1, 0.15) is 17.6 Å². The van der Waals surface area contributed by atoms with Crippen molar-refractivity contribution in [2.45, 2.75) is 18.6 Å². The first-order chi connectivity index (χ1) is 15.2. The standard InChI is InChI=1S/C24H19ClN4OS/c25-18-8-6-17(7-9-18)20-10-11-21(30-20)23-22(19-5-1-2-13-27-19)28-24(31)29(23)15-16-4-3-12-26-14-16/h1-14,22-23H,15H2,(H,28,31)/t22-,23+/m1/s1. The van der Waals surface area contributed by atoms with Gasteiger partial charge in [0, 0.05) is 35.7 Å². The number of hydrogen-bond donors (Lipinski definition) is 1. The van der Waals surface area contributed by atoms with Crippen LogP contribution in [0.2, 0.25) is 5.02 Å². The average molecular weight is 447 g/mol. The summed E-state index contributed by atoms with van der Waals surface area (Å²) in [7, 11) is 0. The first-order valence-corrected chi connectivity index (χ1v) is 10.7. The Bertz CT molecular complexity index is 1180. The van der Waals surface area contributed by atoms with Gasteiger partial charge in [-0.1, -0.05) is 23.7 Å². The Morgan fingerprint density at radius 2 is 1.87 bits per heavy atom. The van der Waals surface area contributed by atoms with Crippen LogP contribution in [0, 0.1) is 0 Å². The molecule has 4 aromatic rings. The number of aromatic nitrogens is 2. The molecule has 0 bridgehead atoms. The van der Waals surface area contributed by atoms with Crippen molar-refractivity contribution in [1.82, 2.24) is 20.2 Å². The number of pyridine rings is 2. The lowest BCUT2D eigenvalue weighted by atomic mass is 10.0. The Balaban J connectivity index is 1.53. The van der Waals surface area contributed by atoms with Crippen molar-refractivity contribution in [3.63, 3.8) is 0 Å². The van der Waals surface area contributed by atoms with Crippen molar-refractivity contribution in [3.8, 4) is 11.3 Å².